The van der Waals surface area contributed by atoms with E-state index in [4.69, 9.17) is 10.5 Å². The van der Waals surface area contributed by atoms with Gasteiger partial charge in [-0.1, -0.05) is 23.8 Å². The molecule has 0 unspecified atom stereocenters. The number of benzene rings is 1. The first-order chi connectivity index (χ1) is 12.9. The van der Waals surface area contributed by atoms with Crippen LogP contribution in [0, 0.1) is 6.92 Å². The number of carbonyl (C=O) groups is 1. The predicted octanol–water partition coefficient (Wildman–Crippen LogP) is 2.28. The molecule has 0 aliphatic rings. The van der Waals surface area contributed by atoms with E-state index >= 15 is 0 Å². The Hall–Kier alpha value is -1.75. The zero-order valence-corrected chi connectivity index (χ0v) is 19.2. The van der Waals surface area contributed by atoms with Gasteiger partial charge in [0.25, 0.3) is 0 Å². The van der Waals surface area contributed by atoms with Gasteiger partial charge in [0.05, 0.1) is 16.6 Å². The van der Waals surface area contributed by atoms with E-state index in [1.807, 2.05) is 6.92 Å². The number of sulfone groups is 1. The van der Waals surface area contributed by atoms with Gasteiger partial charge in [-0.25, -0.2) is 16.8 Å². The van der Waals surface area contributed by atoms with Gasteiger partial charge in [0, 0.05) is 11.4 Å². The molecule has 0 saturated heterocycles. The Balaban J connectivity index is 0.000000604. The molecule has 0 aliphatic carbocycles. The van der Waals surface area contributed by atoms with Crippen LogP contribution < -0.4 is 5.73 Å². The van der Waals surface area contributed by atoms with Crippen molar-refractivity contribution in [1.29, 1.82) is 0 Å². The lowest BCUT2D eigenvalue weighted by Gasteiger charge is -2.20. The van der Waals surface area contributed by atoms with E-state index in [2.05, 4.69) is 0 Å². The third kappa shape index (κ3) is 12.4. The Morgan fingerprint density at radius 1 is 1.14 bits per heavy atom. The van der Waals surface area contributed by atoms with Crippen molar-refractivity contribution in [1.82, 2.24) is 0 Å². The molecule has 0 saturated carbocycles. The van der Waals surface area contributed by atoms with Crippen LogP contribution in [0.4, 0.5) is 0 Å². The molecule has 0 radical (unpaired) electrons. The van der Waals surface area contributed by atoms with E-state index < -0.39 is 42.8 Å². The third-order valence-corrected chi connectivity index (χ3v) is 6.00. The van der Waals surface area contributed by atoms with Crippen LogP contribution in [0.1, 0.15) is 46.6 Å². The second-order valence-electron chi connectivity index (χ2n) is 7.69. The number of hydrogen-bond donors (Lipinski definition) is 1. The molecule has 0 amide bonds. The minimum absolute atomic E-state index is 0.0403. The summed E-state index contributed by atoms with van der Waals surface area (Å²) in [6.45, 7) is 10.3. The first-order valence-electron chi connectivity index (χ1n) is 8.86. The van der Waals surface area contributed by atoms with Crippen molar-refractivity contribution >= 4 is 25.9 Å². The number of rotatable bonds is 6. The molecular weight excluding hydrogens is 418 g/mol. The number of carbonyl (C=O) groups excluding carboxylic acids is 1. The lowest BCUT2D eigenvalue weighted by molar-refractivity contribution is -0.154. The smallest absolute Gasteiger partial charge is 0.308 e. The molecule has 0 fully saturated rings. The number of ether oxygens (including phenoxy) is 1. The lowest BCUT2D eigenvalue weighted by atomic mass is 10.2. The lowest BCUT2D eigenvalue weighted by Crippen LogP contribution is -2.29. The zero-order chi connectivity index (χ0) is 23.0. The highest BCUT2D eigenvalue weighted by atomic mass is 32.2. The van der Waals surface area contributed by atoms with Crippen LogP contribution in [0.3, 0.4) is 0 Å². The van der Waals surface area contributed by atoms with Crippen LogP contribution in [0.15, 0.2) is 40.6 Å². The molecule has 1 atom stereocenters. The van der Waals surface area contributed by atoms with Crippen molar-refractivity contribution < 1.29 is 30.9 Å². The number of hydrogen-bond acceptors (Lipinski definition) is 8. The van der Waals surface area contributed by atoms with E-state index in [-0.39, 0.29) is 11.3 Å². The van der Waals surface area contributed by atoms with E-state index in [9.17, 15) is 26.2 Å². The fourth-order valence-electron chi connectivity index (χ4n) is 1.72. The standard InChI is InChI=1S/C12H23NO4S.C7H8O3S/c1-9(2)18(15,16)7-6-10(13)8-11(14)17-12(3,4)5;1-6-2-4-7(5-3-6)11(8,9)10/h6-7,9-10H,8,13H2,1-5H3;2-5H,1H3,(H,8,9,10)/p-1/b7-6+;/t10-;/m1./s1. The first kappa shape index (κ1) is 27.2. The maximum Gasteiger partial charge on any atom is 0.308 e. The fourth-order valence-corrected chi connectivity index (χ4v) is 2.92. The maximum absolute atomic E-state index is 11.5. The van der Waals surface area contributed by atoms with Crippen molar-refractivity contribution in [3.05, 3.63) is 41.3 Å². The van der Waals surface area contributed by atoms with Gasteiger partial charge in [0.15, 0.2) is 9.84 Å². The van der Waals surface area contributed by atoms with Gasteiger partial charge in [0.1, 0.15) is 15.7 Å². The van der Waals surface area contributed by atoms with Gasteiger partial charge in [-0.15, -0.1) is 0 Å². The summed E-state index contributed by atoms with van der Waals surface area (Å²) in [6.07, 6.45) is 1.28. The van der Waals surface area contributed by atoms with Gasteiger partial charge >= 0.3 is 5.97 Å². The molecule has 1 aromatic rings. The summed E-state index contributed by atoms with van der Waals surface area (Å²) in [5.41, 5.74) is 6.01. The minimum atomic E-state index is -4.27. The van der Waals surface area contributed by atoms with E-state index in [0.717, 1.165) is 11.0 Å². The normalized spacial score (nSPS) is 13.7. The summed E-state index contributed by atoms with van der Waals surface area (Å²) in [6, 6.07) is 5.12. The Bertz CT molecular complexity index is 895. The molecule has 0 aliphatic heterocycles. The summed E-state index contributed by atoms with van der Waals surface area (Å²) in [5.74, 6) is -0.443. The summed E-state index contributed by atoms with van der Waals surface area (Å²) in [5, 5.41) is 0.564. The van der Waals surface area contributed by atoms with Crippen molar-refractivity contribution in [2.45, 2.75) is 69.8 Å². The Labute approximate surface area is 173 Å². The second kappa shape index (κ2) is 10.9. The number of nitrogens with two attached hydrogens (primary N) is 1. The topological polar surface area (TPSA) is 144 Å². The highest BCUT2D eigenvalue weighted by molar-refractivity contribution is 7.94. The average Bonchev–Trinajstić information content (AvgIpc) is 2.51. The minimum Gasteiger partial charge on any atom is -0.744 e. The maximum atomic E-state index is 11.5. The molecule has 29 heavy (non-hydrogen) atoms. The largest absolute Gasteiger partial charge is 0.744 e. The molecule has 0 spiro atoms. The van der Waals surface area contributed by atoms with Crippen LogP contribution in [0.5, 0.6) is 0 Å². The highest BCUT2D eigenvalue weighted by Gasteiger charge is 2.18. The number of esters is 1. The molecule has 10 heteroatoms. The SMILES string of the molecule is CC(C)S(=O)(=O)/C=C/[C@@H](N)CC(=O)OC(C)(C)C.Cc1ccc(S(=O)(=O)[O-])cc1. The van der Waals surface area contributed by atoms with Crippen molar-refractivity contribution in [3.8, 4) is 0 Å². The molecule has 8 nitrogen and oxygen atoms in total. The van der Waals surface area contributed by atoms with Crippen molar-refractivity contribution in [3.63, 3.8) is 0 Å². The highest BCUT2D eigenvalue weighted by Crippen LogP contribution is 2.10. The average molecular weight is 449 g/mol. The van der Waals surface area contributed by atoms with Gasteiger partial charge in [-0.2, -0.15) is 0 Å². The van der Waals surface area contributed by atoms with Gasteiger partial charge in [-0.3, -0.25) is 4.79 Å². The third-order valence-electron chi connectivity index (χ3n) is 3.30. The van der Waals surface area contributed by atoms with Gasteiger partial charge in [0.2, 0.25) is 0 Å². The molecule has 0 heterocycles. The summed E-state index contributed by atoms with van der Waals surface area (Å²) in [4.78, 5) is 11.3. The van der Waals surface area contributed by atoms with Crippen LogP contribution in [-0.2, 0) is 29.5 Å². The molecule has 0 aromatic heterocycles. The van der Waals surface area contributed by atoms with Crippen LogP contribution in [0.2, 0.25) is 0 Å². The van der Waals surface area contributed by atoms with E-state index in [0.29, 0.717) is 0 Å². The van der Waals surface area contributed by atoms with E-state index in [1.54, 1.807) is 46.8 Å². The number of aryl methyl sites for hydroxylation is 1. The second-order valence-corrected chi connectivity index (χ2v) is 11.5. The Morgan fingerprint density at radius 3 is 2.00 bits per heavy atom. The first-order valence-corrected chi connectivity index (χ1v) is 11.9. The summed E-state index contributed by atoms with van der Waals surface area (Å²) >= 11 is 0. The van der Waals surface area contributed by atoms with Crippen LogP contribution >= 0.6 is 0 Å². The zero-order valence-electron chi connectivity index (χ0n) is 17.6. The van der Waals surface area contributed by atoms with Gasteiger partial charge < -0.3 is 15.0 Å². The summed E-state index contributed by atoms with van der Waals surface area (Å²) in [7, 11) is -7.55. The van der Waals surface area contributed by atoms with Crippen LogP contribution in [0.25, 0.3) is 0 Å². The Morgan fingerprint density at radius 2 is 1.62 bits per heavy atom. The fraction of sp³-hybridized carbons (Fsp3) is 0.526. The van der Waals surface area contributed by atoms with Crippen LogP contribution in [-0.4, -0.2) is 44.3 Å². The molecule has 0 bridgehead atoms. The Kier molecular flexibility index (Phi) is 10.2. The molecule has 1 rings (SSSR count). The summed E-state index contributed by atoms with van der Waals surface area (Å²) < 4.78 is 59.2. The van der Waals surface area contributed by atoms with Gasteiger partial charge in [-0.05, 0) is 53.7 Å². The van der Waals surface area contributed by atoms with Crippen molar-refractivity contribution in [2.75, 3.05) is 0 Å². The van der Waals surface area contributed by atoms with E-state index in [1.165, 1.54) is 18.2 Å². The van der Waals surface area contributed by atoms with Crippen molar-refractivity contribution in [2.24, 2.45) is 5.73 Å². The predicted molar refractivity (Wildman–Crippen MR) is 111 cm³/mol. The molecule has 166 valence electrons. The molecular formula is C19H30NO7S2-. The quantitative estimate of drug-likeness (QED) is 0.515. The molecule has 2 N–H and O–H groups in total. The monoisotopic (exact) mass is 448 g/mol. The molecule has 1 aromatic carbocycles.